The van der Waals surface area contributed by atoms with E-state index in [0.29, 0.717) is 10.0 Å². The molecule has 0 unspecified atom stereocenters. The van der Waals surface area contributed by atoms with Gasteiger partial charge in [-0.3, -0.25) is 4.79 Å². The largest absolute Gasteiger partial charge is 0.468 e. The van der Waals surface area contributed by atoms with E-state index in [1.807, 2.05) is 12.1 Å². The van der Waals surface area contributed by atoms with Crippen molar-refractivity contribution in [3.8, 4) is 0 Å². The van der Waals surface area contributed by atoms with Gasteiger partial charge in [0.2, 0.25) is 0 Å². The Hall–Kier alpha value is -0.810. The predicted molar refractivity (Wildman–Crippen MR) is 77.7 cm³/mol. The zero-order valence-corrected chi connectivity index (χ0v) is 12.4. The Morgan fingerprint density at radius 2 is 1.84 bits per heavy atom. The summed E-state index contributed by atoms with van der Waals surface area (Å²) in [4.78, 5) is 10.5. The van der Waals surface area contributed by atoms with Gasteiger partial charge in [-0.15, -0.1) is 0 Å². The number of unbranched alkanes of at least 4 members (excludes halogenated alkanes) is 1. The van der Waals surface area contributed by atoms with Crippen molar-refractivity contribution in [2.24, 2.45) is 0 Å². The first-order valence-electron chi connectivity index (χ1n) is 5.90. The third-order valence-corrected chi connectivity index (χ3v) is 2.84. The minimum Gasteiger partial charge on any atom is -0.468 e. The number of ether oxygens (including phenoxy) is 1. The highest BCUT2D eigenvalue weighted by Crippen LogP contribution is 2.19. The van der Waals surface area contributed by atoms with Crippen LogP contribution >= 0.6 is 23.2 Å². The molecule has 19 heavy (non-hydrogen) atoms. The molecule has 0 amide bonds. The lowest BCUT2D eigenvalue weighted by Gasteiger charge is -2.01. The highest BCUT2D eigenvalue weighted by molar-refractivity contribution is 6.41. The number of hydrogen-bond donors (Lipinski definition) is 2. The van der Waals surface area contributed by atoms with Gasteiger partial charge in [-0.2, -0.15) is 0 Å². The summed E-state index contributed by atoms with van der Waals surface area (Å²) in [5, 5.41) is 12.5. The Kier molecular flexibility index (Phi) is 11.7. The summed E-state index contributed by atoms with van der Waals surface area (Å²) >= 11 is 11.2. The molecular formula is C13H19Cl2NO3. The summed E-state index contributed by atoms with van der Waals surface area (Å²) in [6, 6.07) is 7.19. The average Bonchev–Trinajstić information content (AvgIpc) is 2.42. The lowest BCUT2D eigenvalue weighted by Crippen LogP contribution is -2.24. The van der Waals surface area contributed by atoms with Crippen LogP contribution in [0.4, 0.5) is 0 Å². The standard InChI is InChI=1S/C7H15NO3.C6H4Cl2/c1-11-7(10)6-8-4-2-3-5-9;7-5-3-1-2-4-6(5)8/h8-9H,2-6H2,1H3;1-4H. The number of methoxy groups -OCH3 is 1. The third-order valence-electron chi connectivity index (χ3n) is 2.08. The molecule has 6 heteroatoms. The number of esters is 1. The van der Waals surface area contributed by atoms with Crippen LogP contribution in [0, 0.1) is 0 Å². The van der Waals surface area contributed by atoms with Crippen LogP contribution in [0.3, 0.4) is 0 Å². The van der Waals surface area contributed by atoms with Crippen molar-refractivity contribution in [1.82, 2.24) is 5.32 Å². The van der Waals surface area contributed by atoms with E-state index in [2.05, 4.69) is 10.1 Å². The number of carbonyl (C=O) groups excluding carboxylic acids is 1. The van der Waals surface area contributed by atoms with E-state index in [4.69, 9.17) is 28.3 Å². The topological polar surface area (TPSA) is 58.6 Å². The normalized spacial score (nSPS) is 9.47. The van der Waals surface area contributed by atoms with Crippen molar-refractivity contribution in [2.75, 3.05) is 26.8 Å². The number of halogens is 2. The second-order valence-corrected chi connectivity index (χ2v) is 4.41. The van der Waals surface area contributed by atoms with E-state index < -0.39 is 0 Å². The SMILES string of the molecule is COC(=O)CNCCCCO.Clc1ccccc1Cl. The van der Waals surface area contributed by atoms with Gasteiger partial charge in [0.15, 0.2) is 0 Å². The number of aliphatic hydroxyl groups is 1. The highest BCUT2D eigenvalue weighted by Gasteiger charge is 1.96. The highest BCUT2D eigenvalue weighted by atomic mass is 35.5. The maximum absolute atomic E-state index is 10.5. The second kappa shape index (κ2) is 12.2. The van der Waals surface area contributed by atoms with Gasteiger partial charge in [-0.1, -0.05) is 35.3 Å². The molecular weight excluding hydrogens is 289 g/mol. The monoisotopic (exact) mass is 307 g/mol. The summed E-state index contributed by atoms with van der Waals surface area (Å²) in [6.45, 7) is 1.21. The maximum atomic E-state index is 10.5. The summed E-state index contributed by atoms with van der Waals surface area (Å²) < 4.78 is 4.41. The van der Waals surface area contributed by atoms with Crippen LogP contribution in [0.25, 0.3) is 0 Å². The number of aliphatic hydroxyl groups excluding tert-OH is 1. The first-order valence-corrected chi connectivity index (χ1v) is 6.65. The van der Waals surface area contributed by atoms with Crippen LogP contribution in [0.1, 0.15) is 12.8 Å². The summed E-state index contributed by atoms with van der Waals surface area (Å²) in [6.07, 6.45) is 1.65. The predicted octanol–water partition coefficient (Wildman–Crippen LogP) is 2.51. The zero-order valence-electron chi connectivity index (χ0n) is 10.9. The molecule has 1 aromatic carbocycles. The van der Waals surface area contributed by atoms with Crippen molar-refractivity contribution in [1.29, 1.82) is 0 Å². The van der Waals surface area contributed by atoms with E-state index in [1.165, 1.54) is 7.11 Å². The molecule has 0 heterocycles. The molecule has 0 aliphatic rings. The molecule has 108 valence electrons. The van der Waals surface area contributed by atoms with Crippen LogP contribution in [0.5, 0.6) is 0 Å². The van der Waals surface area contributed by atoms with Gasteiger partial charge < -0.3 is 15.2 Å². The Balaban J connectivity index is 0.000000356. The molecule has 1 aromatic rings. The van der Waals surface area contributed by atoms with Crippen molar-refractivity contribution < 1.29 is 14.6 Å². The lowest BCUT2D eigenvalue weighted by atomic mass is 10.3. The molecule has 4 nitrogen and oxygen atoms in total. The van der Waals surface area contributed by atoms with E-state index in [9.17, 15) is 4.79 Å². The summed E-state index contributed by atoms with van der Waals surface area (Å²) in [5.74, 6) is -0.256. The summed E-state index contributed by atoms with van der Waals surface area (Å²) in [7, 11) is 1.36. The number of carbonyl (C=O) groups is 1. The van der Waals surface area contributed by atoms with E-state index in [-0.39, 0.29) is 19.1 Å². The smallest absolute Gasteiger partial charge is 0.319 e. The quantitative estimate of drug-likeness (QED) is 0.626. The van der Waals surface area contributed by atoms with Gasteiger partial charge in [-0.25, -0.2) is 0 Å². The average molecular weight is 308 g/mol. The Bertz CT molecular complexity index is 340. The Morgan fingerprint density at radius 1 is 1.26 bits per heavy atom. The van der Waals surface area contributed by atoms with E-state index >= 15 is 0 Å². The molecule has 0 aliphatic carbocycles. The number of nitrogens with one attached hydrogen (secondary N) is 1. The van der Waals surface area contributed by atoms with Crippen LogP contribution < -0.4 is 5.32 Å². The van der Waals surface area contributed by atoms with Gasteiger partial charge in [0.05, 0.1) is 23.7 Å². The lowest BCUT2D eigenvalue weighted by molar-refractivity contribution is -0.139. The zero-order chi connectivity index (χ0) is 14.5. The van der Waals surface area contributed by atoms with Gasteiger partial charge >= 0.3 is 5.97 Å². The molecule has 0 fully saturated rings. The van der Waals surface area contributed by atoms with E-state index in [0.717, 1.165) is 19.4 Å². The van der Waals surface area contributed by atoms with Crippen molar-refractivity contribution >= 4 is 29.2 Å². The maximum Gasteiger partial charge on any atom is 0.319 e. The molecule has 0 radical (unpaired) electrons. The fourth-order valence-electron chi connectivity index (χ4n) is 1.06. The van der Waals surface area contributed by atoms with E-state index in [1.54, 1.807) is 12.1 Å². The van der Waals surface area contributed by atoms with Crippen LogP contribution in [0.15, 0.2) is 24.3 Å². The van der Waals surface area contributed by atoms with Gasteiger partial charge in [0, 0.05) is 6.61 Å². The molecule has 0 spiro atoms. The Morgan fingerprint density at radius 3 is 2.26 bits per heavy atom. The fraction of sp³-hybridized carbons (Fsp3) is 0.462. The molecule has 0 bridgehead atoms. The number of rotatable bonds is 6. The third kappa shape index (κ3) is 10.8. The van der Waals surface area contributed by atoms with Crippen molar-refractivity contribution in [3.05, 3.63) is 34.3 Å². The second-order valence-electron chi connectivity index (χ2n) is 3.60. The van der Waals surface area contributed by atoms with Gasteiger partial charge in [0.25, 0.3) is 0 Å². The van der Waals surface area contributed by atoms with Crippen LogP contribution in [-0.2, 0) is 9.53 Å². The first-order chi connectivity index (χ1) is 9.11. The minimum absolute atomic E-state index is 0.208. The Labute approximate surface area is 123 Å². The number of benzene rings is 1. The molecule has 1 rings (SSSR count). The minimum atomic E-state index is -0.256. The van der Waals surface area contributed by atoms with Crippen molar-refractivity contribution in [3.63, 3.8) is 0 Å². The van der Waals surface area contributed by atoms with Crippen LogP contribution in [0.2, 0.25) is 10.0 Å². The van der Waals surface area contributed by atoms with Gasteiger partial charge in [0.1, 0.15) is 0 Å². The van der Waals surface area contributed by atoms with Gasteiger partial charge in [-0.05, 0) is 31.5 Å². The molecule has 0 saturated heterocycles. The molecule has 0 atom stereocenters. The fourth-order valence-corrected chi connectivity index (χ4v) is 1.34. The molecule has 0 aromatic heterocycles. The van der Waals surface area contributed by atoms with Crippen molar-refractivity contribution in [2.45, 2.75) is 12.8 Å². The first kappa shape index (κ1) is 18.2. The molecule has 0 saturated carbocycles. The number of hydrogen-bond acceptors (Lipinski definition) is 4. The summed E-state index contributed by atoms with van der Waals surface area (Å²) in [5.41, 5.74) is 0. The molecule has 2 N–H and O–H groups in total. The molecule has 0 aliphatic heterocycles. The van der Waals surface area contributed by atoms with Crippen LogP contribution in [-0.4, -0.2) is 37.9 Å².